The van der Waals surface area contributed by atoms with Gasteiger partial charge < -0.3 is 34.4 Å². The van der Waals surface area contributed by atoms with Crippen molar-refractivity contribution in [3.63, 3.8) is 0 Å². The number of rotatable bonds is 12. The molecular weight excluding hydrogens is 300 g/mol. The minimum Gasteiger partial charge on any atom is -0.330 e. The first-order chi connectivity index (χ1) is 11.5. The van der Waals surface area contributed by atoms with E-state index in [1.807, 2.05) is 0 Å². The topological polar surface area (TPSA) is 156 Å². The molecule has 12 N–H and O–H groups in total. The average Bonchev–Trinajstić information content (AvgIpc) is 2.47. The lowest BCUT2D eigenvalue weighted by molar-refractivity contribution is 0.604. The van der Waals surface area contributed by atoms with Gasteiger partial charge >= 0.3 is 0 Å². The predicted octanol–water partition coefficient (Wildman–Crippen LogP) is -0.658. The van der Waals surface area contributed by atoms with Crippen LogP contribution in [0, 0.1) is 0 Å². The van der Waals surface area contributed by atoms with Crippen LogP contribution in [0.5, 0.6) is 0 Å². The van der Waals surface area contributed by atoms with Crippen LogP contribution in [-0.4, -0.2) is 37.8 Å². The maximum atomic E-state index is 6.15. The van der Waals surface area contributed by atoms with Gasteiger partial charge in [0.1, 0.15) is 0 Å². The Balaban J connectivity index is 2.91. The molecule has 3 atom stereocenters. The highest BCUT2D eigenvalue weighted by Gasteiger charge is 2.11. The Labute approximate surface area is 146 Å². The minimum absolute atomic E-state index is 0.0773. The van der Waals surface area contributed by atoms with Crippen molar-refractivity contribution in [2.45, 2.75) is 56.7 Å². The predicted molar refractivity (Wildman–Crippen MR) is 102 cm³/mol. The van der Waals surface area contributed by atoms with Gasteiger partial charge in [0.2, 0.25) is 0 Å². The van der Waals surface area contributed by atoms with Gasteiger partial charge in [-0.25, -0.2) is 0 Å². The molecule has 138 valence electrons. The van der Waals surface area contributed by atoms with Gasteiger partial charge in [0.25, 0.3) is 0 Å². The molecule has 24 heavy (non-hydrogen) atoms. The van der Waals surface area contributed by atoms with Crippen molar-refractivity contribution < 1.29 is 0 Å². The Bertz CT molecular complexity index is 386. The van der Waals surface area contributed by atoms with E-state index in [1.165, 1.54) is 16.7 Å². The van der Waals surface area contributed by atoms with Crippen LogP contribution in [0.1, 0.15) is 36.0 Å². The highest BCUT2D eigenvalue weighted by atomic mass is 14.7. The molecule has 0 aromatic heterocycles. The van der Waals surface area contributed by atoms with Crippen molar-refractivity contribution in [2.24, 2.45) is 34.4 Å². The molecule has 0 aliphatic heterocycles. The molecule has 0 saturated heterocycles. The first kappa shape index (κ1) is 21.0. The molecule has 0 radical (unpaired) electrons. The van der Waals surface area contributed by atoms with Crippen molar-refractivity contribution in [3.05, 3.63) is 34.9 Å². The second kappa shape index (κ2) is 11.5. The summed E-state index contributed by atoms with van der Waals surface area (Å²) in [4.78, 5) is 0. The number of hydrogen-bond acceptors (Lipinski definition) is 6. The SMILES string of the molecule is NCCC(N)Cc1cc(CC(N)CCN)cc(CC(N)CCN)c1. The first-order valence-electron chi connectivity index (χ1n) is 8.97. The Morgan fingerprint density at radius 1 is 0.542 bits per heavy atom. The zero-order valence-electron chi connectivity index (χ0n) is 14.8. The third-order valence-electron chi connectivity index (χ3n) is 4.22. The first-order valence-corrected chi connectivity index (χ1v) is 8.97. The Morgan fingerprint density at radius 2 is 0.792 bits per heavy atom. The molecule has 1 aromatic carbocycles. The summed E-state index contributed by atoms with van der Waals surface area (Å²) in [6.45, 7) is 1.82. The second-order valence-corrected chi connectivity index (χ2v) is 6.78. The zero-order chi connectivity index (χ0) is 17.9. The third-order valence-corrected chi connectivity index (χ3v) is 4.22. The lowest BCUT2D eigenvalue weighted by Gasteiger charge is -2.17. The number of hydrogen-bond donors (Lipinski definition) is 6. The van der Waals surface area contributed by atoms with Gasteiger partial charge in [-0.15, -0.1) is 0 Å². The number of nitrogens with two attached hydrogens (primary N) is 6. The van der Waals surface area contributed by atoms with Crippen LogP contribution in [0.25, 0.3) is 0 Å². The van der Waals surface area contributed by atoms with Crippen LogP contribution in [0.2, 0.25) is 0 Å². The van der Waals surface area contributed by atoms with Gasteiger partial charge in [0.05, 0.1) is 0 Å². The molecule has 1 rings (SSSR count). The Hall–Kier alpha value is -1.02. The van der Waals surface area contributed by atoms with E-state index in [0.29, 0.717) is 19.6 Å². The highest BCUT2D eigenvalue weighted by Crippen LogP contribution is 2.16. The Morgan fingerprint density at radius 3 is 1.00 bits per heavy atom. The monoisotopic (exact) mass is 336 g/mol. The Kier molecular flexibility index (Phi) is 10.1. The van der Waals surface area contributed by atoms with Crippen molar-refractivity contribution in [1.82, 2.24) is 0 Å². The lowest BCUT2D eigenvalue weighted by atomic mass is 9.93. The summed E-state index contributed by atoms with van der Waals surface area (Å²) < 4.78 is 0. The van der Waals surface area contributed by atoms with Crippen LogP contribution in [0.3, 0.4) is 0 Å². The summed E-state index contributed by atoms with van der Waals surface area (Å²) in [6.07, 6.45) is 4.90. The van der Waals surface area contributed by atoms with E-state index >= 15 is 0 Å². The minimum atomic E-state index is 0.0773. The summed E-state index contributed by atoms with van der Waals surface area (Å²) >= 11 is 0. The van der Waals surface area contributed by atoms with E-state index in [4.69, 9.17) is 34.4 Å². The largest absolute Gasteiger partial charge is 0.330 e. The van der Waals surface area contributed by atoms with Crippen LogP contribution in [0.15, 0.2) is 18.2 Å². The van der Waals surface area contributed by atoms with E-state index < -0.39 is 0 Å². The summed E-state index contributed by atoms with van der Waals surface area (Å²) in [6, 6.07) is 6.83. The highest BCUT2D eigenvalue weighted by molar-refractivity contribution is 5.32. The van der Waals surface area contributed by atoms with Gasteiger partial charge in [0.15, 0.2) is 0 Å². The molecule has 1 aromatic rings. The fraction of sp³-hybridized carbons (Fsp3) is 0.667. The molecule has 0 amide bonds. The second-order valence-electron chi connectivity index (χ2n) is 6.78. The molecule has 0 aliphatic rings. The van der Waals surface area contributed by atoms with Gasteiger partial charge in [-0.2, -0.15) is 0 Å². The standard InChI is InChI=1S/C18H36N6/c19-4-1-16(22)10-13-7-14(11-17(23)2-5-20)9-15(8-13)12-18(24)3-6-21/h7-9,16-18H,1-6,10-12,19-24H2. The van der Waals surface area contributed by atoms with E-state index in [2.05, 4.69) is 18.2 Å². The molecule has 0 fully saturated rings. The molecule has 0 spiro atoms. The lowest BCUT2D eigenvalue weighted by Crippen LogP contribution is -2.28. The molecule has 0 aliphatic carbocycles. The van der Waals surface area contributed by atoms with E-state index in [-0.39, 0.29) is 18.1 Å². The summed E-state index contributed by atoms with van der Waals surface area (Å²) in [5.41, 5.74) is 38.9. The molecule has 6 nitrogen and oxygen atoms in total. The van der Waals surface area contributed by atoms with Gasteiger partial charge in [-0.05, 0) is 74.8 Å². The van der Waals surface area contributed by atoms with E-state index in [1.54, 1.807) is 0 Å². The van der Waals surface area contributed by atoms with Gasteiger partial charge in [-0.3, -0.25) is 0 Å². The van der Waals surface area contributed by atoms with Crippen molar-refractivity contribution >= 4 is 0 Å². The average molecular weight is 337 g/mol. The summed E-state index contributed by atoms with van der Waals surface area (Å²) in [5.74, 6) is 0. The molecule has 0 heterocycles. The maximum absolute atomic E-state index is 6.15. The third kappa shape index (κ3) is 8.19. The van der Waals surface area contributed by atoms with Crippen molar-refractivity contribution in [2.75, 3.05) is 19.6 Å². The fourth-order valence-electron chi connectivity index (χ4n) is 3.05. The molecular formula is C18H36N6. The van der Waals surface area contributed by atoms with Crippen LogP contribution >= 0.6 is 0 Å². The smallest absolute Gasteiger partial charge is 0.00913 e. The maximum Gasteiger partial charge on any atom is 0.00913 e. The fourth-order valence-corrected chi connectivity index (χ4v) is 3.05. The van der Waals surface area contributed by atoms with Gasteiger partial charge in [0, 0.05) is 18.1 Å². The number of benzene rings is 1. The molecule has 0 bridgehead atoms. The molecule has 6 heteroatoms. The van der Waals surface area contributed by atoms with Crippen LogP contribution in [-0.2, 0) is 19.3 Å². The van der Waals surface area contributed by atoms with E-state index in [9.17, 15) is 0 Å². The quantitative estimate of drug-likeness (QED) is 0.297. The van der Waals surface area contributed by atoms with Crippen molar-refractivity contribution in [3.8, 4) is 0 Å². The summed E-state index contributed by atoms with van der Waals surface area (Å²) in [7, 11) is 0. The van der Waals surface area contributed by atoms with E-state index in [0.717, 1.165) is 38.5 Å². The van der Waals surface area contributed by atoms with Crippen molar-refractivity contribution in [1.29, 1.82) is 0 Å². The van der Waals surface area contributed by atoms with Crippen LogP contribution < -0.4 is 34.4 Å². The summed E-state index contributed by atoms with van der Waals surface area (Å²) in [5, 5.41) is 0. The molecule has 0 saturated carbocycles. The van der Waals surface area contributed by atoms with Gasteiger partial charge in [-0.1, -0.05) is 18.2 Å². The zero-order valence-corrected chi connectivity index (χ0v) is 14.8. The van der Waals surface area contributed by atoms with Crippen LogP contribution in [0.4, 0.5) is 0 Å². The normalized spacial score (nSPS) is 15.2. The molecule has 3 unspecified atom stereocenters.